The standard InChI is InChI=1S/C11H16N2O3S/c14-11-3-1-2-10(8-11)9-13-6-4-12-5-7-17(13,15)16/h1-3,8,12,14H,4-7,9H2. The zero-order chi connectivity index (χ0) is 12.3. The molecule has 6 heteroatoms. The molecule has 0 amide bonds. The second-order valence-corrected chi connectivity index (χ2v) is 6.16. The van der Waals surface area contributed by atoms with Gasteiger partial charge >= 0.3 is 0 Å². The predicted molar refractivity (Wildman–Crippen MR) is 65.2 cm³/mol. The van der Waals surface area contributed by atoms with E-state index < -0.39 is 10.0 Å². The van der Waals surface area contributed by atoms with Gasteiger partial charge in [-0.2, -0.15) is 4.31 Å². The Kier molecular flexibility index (Phi) is 3.66. The number of hydrogen-bond donors (Lipinski definition) is 2. The normalized spacial score (nSPS) is 20.9. The summed E-state index contributed by atoms with van der Waals surface area (Å²) >= 11 is 0. The van der Waals surface area contributed by atoms with Crippen LogP contribution >= 0.6 is 0 Å². The van der Waals surface area contributed by atoms with E-state index in [4.69, 9.17) is 0 Å². The van der Waals surface area contributed by atoms with Crippen LogP contribution in [0, 0.1) is 0 Å². The zero-order valence-electron chi connectivity index (χ0n) is 9.46. The summed E-state index contributed by atoms with van der Waals surface area (Å²) < 4.78 is 25.3. The number of rotatable bonds is 2. The second-order valence-electron chi connectivity index (χ2n) is 4.07. The maximum Gasteiger partial charge on any atom is 0.215 e. The Morgan fingerprint density at radius 3 is 2.94 bits per heavy atom. The van der Waals surface area contributed by atoms with Crippen LogP contribution < -0.4 is 5.32 Å². The van der Waals surface area contributed by atoms with Gasteiger partial charge < -0.3 is 10.4 Å². The maximum absolute atomic E-state index is 11.9. The van der Waals surface area contributed by atoms with Gasteiger partial charge in [0.15, 0.2) is 0 Å². The van der Waals surface area contributed by atoms with Crippen LogP contribution in [0.15, 0.2) is 24.3 Å². The molecule has 0 radical (unpaired) electrons. The Labute approximate surface area is 101 Å². The van der Waals surface area contributed by atoms with E-state index in [1.807, 2.05) is 6.07 Å². The van der Waals surface area contributed by atoms with Gasteiger partial charge in [-0.15, -0.1) is 0 Å². The summed E-state index contributed by atoms with van der Waals surface area (Å²) in [5.74, 6) is 0.291. The van der Waals surface area contributed by atoms with Gasteiger partial charge in [0, 0.05) is 26.2 Å². The van der Waals surface area contributed by atoms with Crippen molar-refractivity contribution in [1.29, 1.82) is 0 Å². The number of sulfonamides is 1. The summed E-state index contributed by atoms with van der Waals surface area (Å²) in [6.07, 6.45) is 0. The summed E-state index contributed by atoms with van der Waals surface area (Å²) in [7, 11) is -3.18. The van der Waals surface area contributed by atoms with Crippen LogP contribution in [0.5, 0.6) is 5.75 Å². The van der Waals surface area contributed by atoms with Gasteiger partial charge in [0.1, 0.15) is 5.75 Å². The first-order valence-corrected chi connectivity index (χ1v) is 7.15. The smallest absolute Gasteiger partial charge is 0.215 e. The van der Waals surface area contributed by atoms with Gasteiger partial charge in [-0.3, -0.25) is 0 Å². The van der Waals surface area contributed by atoms with E-state index in [2.05, 4.69) is 5.32 Å². The molecule has 0 aliphatic carbocycles. The molecule has 0 unspecified atom stereocenters. The highest BCUT2D eigenvalue weighted by atomic mass is 32.2. The van der Waals surface area contributed by atoms with Crippen molar-refractivity contribution in [3.63, 3.8) is 0 Å². The lowest BCUT2D eigenvalue weighted by molar-refractivity contribution is 0.413. The molecule has 1 fully saturated rings. The van der Waals surface area contributed by atoms with Gasteiger partial charge in [-0.25, -0.2) is 8.42 Å². The highest BCUT2D eigenvalue weighted by molar-refractivity contribution is 7.89. The minimum atomic E-state index is -3.18. The molecule has 1 aromatic carbocycles. The number of aromatic hydroxyl groups is 1. The van der Waals surface area contributed by atoms with E-state index in [1.54, 1.807) is 18.2 Å². The lowest BCUT2D eigenvalue weighted by Crippen LogP contribution is -2.33. The predicted octanol–water partition coefficient (Wildman–Crippen LogP) is 0.127. The van der Waals surface area contributed by atoms with Crippen LogP contribution in [0.3, 0.4) is 0 Å². The molecule has 94 valence electrons. The third kappa shape index (κ3) is 3.18. The molecule has 1 heterocycles. The van der Waals surface area contributed by atoms with Crippen molar-refractivity contribution in [3.05, 3.63) is 29.8 Å². The maximum atomic E-state index is 11.9. The molecular formula is C11H16N2O3S. The van der Waals surface area contributed by atoms with Crippen molar-refractivity contribution in [2.75, 3.05) is 25.4 Å². The summed E-state index contributed by atoms with van der Waals surface area (Å²) in [6.45, 7) is 1.95. The van der Waals surface area contributed by atoms with Crippen molar-refractivity contribution in [3.8, 4) is 5.75 Å². The van der Waals surface area contributed by atoms with Crippen molar-refractivity contribution >= 4 is 10.0 Å². The average molecular weight is 256 g/mol. The molecule has 1 aliphatic rings. The molecule has 17 heavy (non-hydrogen) atoms. The molecule has 0 saturated carbocycles. The van der Waals surface area contributed by atoms with E-state index in [-0.39, 0.29) is 11.5 Å². The largest absolute Gasteiger partial charge is 0.508 e. The molecule has 0 atom stereocenters. The Hall–Kier alpha value is -1.11. The minimum Gasteiger partial charge on any atom is -0.508 e. The number of nitrogens with one attached hydrogen (secondary N) is 1. The van der Waals surface area contributed by atoms with Crippen LogP contribution in [-0.2, 0) is 16.6 Å². The fourth-order valence-electron chi connectivity index (χ4n) is 1.83. The third-order valence-corrected chi connectivity index (χ3v) is 4.56. The summed E-state index contributed by atoms with van der Waals surface area (Å²) in [5, 5.41) is 12.4. The Balaban J connectivity index is 2.16. The van der Waals surface area contributed by atoms with Gasteiger partial charge in [0.05, 0.1) is 5.75 Å². The number of nitrogens with zero attached hydrogens (tertiary/aromatic N) is 1. The molecule has 2 rings (SSSR count). The molecular weight excluding hydrogens is 240 g/mol. The first-order valence-electron chi connectivity index (χ1n) is 5.54. The monoisotopic (exact) mass is 256 g/mol. The Bertz CT molecular complexity index is 487. The van der Waals surface area contributed by atoms with Crippen LogP contribution in [0.1, 0.15) is 5.56 Å². The molecule has 2 N–H and O–H groups in total. The van der Waals surface area contributed by atoms with Gasteiger partial charge in [-0.1, -0.05) is 12.1 Å². The van der Waals surface area contributed by atoms with E-state index in [0.717, 1.165) is 5.56 Å². The zero-order valence-corrected chi connectivity index (χ0v) is 10.3. The molecule has 0 bridgehead atoms. The third-order valence-electron chi connectivity index (χ3n) is 2.74. The first kappa shape index (κ1) is 12.3. The molecule has 0 spiro atoms. The number of hydrogen-bond acceptors (Lipinski definition) is 4. The highest BCUT2D eigenvalue weighted by Gasteiger charge is 2.23. The minimum absolute atomic E-state index is 0.131. The summed E-state index contributed by atoms with van der Waals surface area (Å²) in [4.78, 5) is 0. The Morgan fingerprint density at radius 2 is 2.18 bits per heavy atom. The van der Waals surface area contributed by atoms with Crippen molar-refractivity contribution in [1.82, 2.24) is 9.62 Å². The number of phenolic OH excluding ortho intramolecular Hbond substituents is 1. The number of benzene rings is 1. The molecule has 0 aromatic heterocycles. The van der Waals surface area contributed by atoms with Crippen molar-refractivity contribution in [2.45, 2.75) is 6.54 Å². The van der Waals surface area contributed by atoms with Gasteiger partial charge in [-0.05, 0) is 17.7 Å². The second kappa shape index (κ2) is 5.03. The molecule has 1 saturated heterocycles. The van der Waals surface area contributed by atoms with E-state index in [0.29, 0.717) is 26.2 Å². The molecule has 1 aromatic rings. The van der Waals surface area contributed by atoms with Crippen molar-refractivity contribution in [2.24, 2.45) is 0 Å². The van der Waals surface area contributed by atoms with Gasteiger partial charge in [0.25, 0.3) is 0 Å². The van der Waals surface area contributed by atoms with E-state index >= 15 is 0 Å². The fourth-order valence-corrected chi connectivity index (χ4v) is 3.21. The van der Waals surface area contributed by atoms with E-state index in [1.165, 1.54) is 4.31 Å². The lowest BCUT2D eigenvalue weighted by atomic mass is 10.2. The van der Waals surface area contributed by atoms with E-state index in [9.17, 15) is 13.5 Å². The molecule has 5 nitrogen and oxygen atoms in total. The molecule has 1 aliphatic heterocycles. The topological polar surface area (TPSA) is 69.6 Å². The summed E-state index contributed by atoms with van der Waals surface area (Å²) in [5.41, 5.74) is 0.801. The van der Waals surface area contributed by atoms with Crippen LogP contribution in [-0.4, -0.2) is 43.2 Å². The van der Waals surface area contributed by atoms with Gasteiger partial charge in [0.2, 0.25) is 10.0 Å². The van der Waals surface area contributed by atoms with Crippen LogP contribution in [0.4, 0.5) is 0 Å². The lowest BCUT2D eigenvalue weighted by Gasteiger charge is -2.19. The highest BCUT2D eigenvalue weighted by Crippen LogP contribution is 2.15. The first-order chi connectivity index (χ1) is 8.08. The Morgan fingerprint density at radius 1 is 1.35 bits per heavy atom. The SMILES string of the molecule is O=S1(=O)CCNCCN1Cc1cccc(O)c1. The van der Waals surface area contributed by atoms with Crippen LogP contribution in [0.2, 0.25) is 0 Å². The summed E-state index contributed by atoms with van der Waals surface area (Å²) in [6, 6.07) is 6.69. The van der Waals surface area contributed by atoms with Crippen LogP contribution in [0.25, 0.3) is 0 Å². The van der Waals surface area contributed by atoms with Crippen molar-refractivity contribution < 1.29 is 13.5 Å². The average Bonchev–Trinajstić information content (AvgIpc) is 2.41. The fraction of sp³-hybridized carbons (Fsp3) is 0.455. The number of phenols is 1. The quantitative estimate of drug-likeness (QED) is 0.789.